The van der Waals surface area contributed by atoms with Gasteiger partial charge in [-0.3, -0.25) is 9.69 Å². The molecule has 2 N–H and O–H groups in total. The van der Waals surface area contributed by atoms with Crippen LogP contribution in [0.3, 0.4) is 0 Å². The van der Waals surface area contributed by atoms with Crippen LogP contribution in [0.5, 0.6) is 0 Å². The van der Waals surface area contributed by atoms with E-state index in [1.54, 1.807) is 11.3 Å². The maximum Gasteiger partial charge on any atom is 0.231 e. The number of hydrogen-bond acceptors (Lipinski definition) is 4. The van der Waals surface area contributed by atoms with Crippen molar-refractivity contribution >= 4 is 17.2 Å². The number of amides is 1. The summed E-state index contributed by atoms with van der Waals surface area (Å²) in [5.74, 6) is -0.221. The van der Waals surface area contributed by atoms with Gasteiger partial charge in [0.1, 0.15) is 0 Å². The molecule has 0 aromatic carbocycles. The van der Waals surface area contributed by atoms with Crippen LogP contribution in [0.1, 0.15) is 34.5 Å². The number of carbonyl (C=O) groups excluding carboxylic acids is 1. The second-order valence-corrected chi connectivity index (χ2v) is 5.87. The van der Waals surface area contributed by atoms with Crippen LogP contribution in [-0.4, -0.2) is 28.4 Å². The van der Waals surface area contributed by atoms with Crippen LogP contribution in [-0.2, 0) is 11.2 Å². The monoisotopic (exact) mass is 237 g/mol. The fourth-order valence-corrected chi connectivity index (χ4v) is 4.08. The predicted molar refractivity (Wildman–Crippen MR) is 62.2 cm³/mol. The summed E-state index contributed by atoms with van der Waals surface area (Å²) in [6, 6.07) is 0.874. The first-order valence-corrected chi connectivity index (χ1v) is 6.47. The molecular formula is C11H15N3OS. The molecular weight excluding hydrogens is 222 g/mol. The topological polar surface area (TPSA) is 59.2 Å². The lowest BCUT2D eigenvalue weighted by Gasteiger charge is -2.32. The smallest absolute Gasteiger partial charge is 0.231 e. The minimum atomic E-state index is -0.221. The first-order chi connectivity index (χ1) is 7.65. The highest BCUT2D eigenvalue weighted by atomic mass is 32.1. The van der Waals surface area contributed by atoms with Crippen molar-refractivity contribution < 1.29 is 4.79 Å². The molecule has 2 bridgehead atoms. The summed E-state index contributed by atoms with van der Waals surface area (Å²) in [5, 5.41) is 1.14. The molecule has 1 saturated heterocycles. The molecule has 0 radical (unpaired) electrons. The maximum atomic E-state index is 11.1. The van der Waals surface area contributed by atoms with E-state index in [1.807, 2.05) is 0 Å². The standard InChI is InChI=1S/C11H15N3OS/c1-6-13-8-4-7-2-3-9(11(8)16-6)14(7)5-10(12)15/h7,9H,2-5H2,1H3,(H2,12,15). The van der Waals surface area contributed by atoms with E-state index < -0.39 is 0 Å². The molecule has 0 saturated carbocycles. The number of aromatic nitrogens is 1. The summed E-state index contributed by atoms with van der Waals surface area (Å²) in [6.45, 7) is 2.45. The molecule has 1 amide bonds. The number of nitrogens with zero attached hydrogens (tertiary/aromatic N) is 2. The molecule has 5 heteroatoms. The zero-order chi connectivity index (χ0) is 11.3. The van der Waals surface area contributed by atoms with E-state index in [4.69, 9.17) is 5.73 Å². The zero-order valence-corrected chi connectivity index (χ0v) is 10.1. The molecule has 1 aromatic rings. The van der Waals surface area contributed by atoms with Crippen LogP contribution in [0, 0.1) is 6.92 Å². The van der Waals surface area contributed by atoms with E-state index in [9.17, 15) is 4.79 Å². The Morgan fingerprint density at radius 1 is 1.62 bits per heavy atom. The summed E-state index contributed by atoms with van der Waals surface area (Å²) >= 11 is 1.78. The van der Waals surface area contributed by atoms with E-state index in [0.29, 0.717) is 18.6 Å². The summed E-state index contributed by atoms with van der Waals surface area (Å²) in [4.78, 5) is 19.3. The second-order valence-electron chi connectivity index (χ2n) is 4.63. The molecule has 2 aliphatic rings. The number of fused-ring (bicyclic) bond motifs is 4. The number of hydrogen-bond donors (Lipinski definition) is 1. The van der Waals surface area contributed by atoms with Gasteiger partial charge in [0.15, 0.2) is 0 Å². The number of carbonyl (C=O) groups is 1. The lowest BCUT2D eigenvalue weighted by molar-refractivity contribution is -0.120. The van der Waals surface area contributed by atoms with Crippen LogP contribution in [0.15, 0.2) is 0 Å². The quantitative estimate of drug-likeness (QED) is 0.834. The average Bonchev–Trinajstić information content (AvgIpc) is 2.68. The minimum absolute atomic E-state index is 0.221. The fraction of sp³-hybridized carbons (Fsp3) is 0.636. The molecule has 0 spiro atoms. The Labute approximate surface area is 98.5 Å². The third-order valence-electron chi connectivity index (χ3n) is 3.55. The van der Waals surface area contributed by atoms with Crippen molar-refractivity contribution in [2.45, 2.75) is 38.3 Å². The minimum Gasteiger partial charge on any atom is -0.369 e. The first-order valence-electron chi connectivity index (χ1n) is 5.65. The van der Waals surface area contributed by atoms with Crippen LogP contribution in [0.2, 0.25) is 0 Å². The predicted octanol–water partition coefficient (Wildman–Crippen LogP) is 0.998. The van der Waals surface area contributed by atoms with Gasteiger partial charge >= 0.3 is 0 Å². The average molecular weight is 237 g/mol. The molecule has 16 heavy (non-hydrogen) atoms. The van der Waals surface area contributed by atoms with Crippen LogP contribution in [0.4, 0.5) is 0 Å². The van der Waals surface area contributed by atoms with Gasteiger partial charge in [-0.1, -0.05) is 0 Å². The molecule has 3 rings (SSSR count). The van der Waals surface area contributed by atoms with Crippen molar-refractivity contribution in [1.29, 1.82) is 0 Å². The second kappa shape index (κ2) is 3.53. The van der Waals surface area contributed by atoms with Crippen molar-refractivity contribution in [3.63, 3.8) is 0 Å². The van der Waals surface area contributed by atoms with E-state index in [2.05, 4.69) is 16.8 Å². The number of rotatable bonds is 2. The number of nitrogens with two attached hydrogens (primary N) is 1. The normalized spacial score (nSPS) is 28.1. The van der Waals surface area contributed by atoms with Gasteiger partial charge < -0.3 is 5.73 Å². The molecule has 1 fully saturated rings. The van der Waals surface area contributed by atoms with Crippen LogP contribution < -0.4 is 5.73 Å². The zero-order valence-electron chi connectivity index (χ0n) is 9.27. The molecule has 2 aliphatic heterocycles. The molecule has 2 atom stereocenters. The Kier molecular flexibility index (Phi) is 2.26. The number of aryl methyl sites for hydroxylation is 1. The largest absolute Gasteiger partial charge is 0.369 e. The molecule has 86 valence electrons. The SMILES string of the molecule is Cc1nc2c(s1)C1CCC(C2)N1CC(N)=O. The van der Waals surface area contributed by atoms with Gasteiger partial charge in [-0.05, 0) is 19.8 Å². The highest BCUT2D eigenvalue weighted by Crippen LogP contribution is 2.45. The molecule has 3 heterocycles. The van der Waals surface area contributed by atoms with Gasteiger partial charge in [-0.15, -0.1) is 11.3 Å². The molecule has 1 aromatic heterocycles. The van der Waals surface area contributed by atoms with Crippen molar-refractivity contribution in [2.75, 3.05) is 6.54 Å². The van der Waals surface area contributed by atoms with Gasteiger partial charge in [0, 0.05) is 23.4 Å². The van der Waals surface area contributed by atoms with Crippen molar-refractivity contribution in [2.24, 2.45) is 5.73 Å². The van der Waals surface area contributed by atoms with Crippen LogP contribution >= 0.6 is 11.3 Å². The Bertz CT molecular complexity index is 442. The summed E-state index contributed by atoms with van der Waals surface area (Å²) in [7, 11) is 0. The Hall–Kier alpha value is -0.940. The highest BCUT2D eigenvalue weighted by molar-refractivity contribution is 7.11. The van der Waals surface area contributed by atoms with Crippen molar-refractivity contribution in [1.82, 2.24) is 9.88 Å². The first kappa shape index (κ1) is 10.2. The van der Waals surface area contributed by atoms with E-state index in [-0.39, 0.29) is 5.91 Å². The third kappa shape index (κ3) is 1.46. The fourth-order valence-electron chi connectivity index (χ4n) is 2.97. The van der Waals surface area contributed by atoms with E-state index in [1.165, 1.54) is 17.0 Å². The molecule has 4 nitrogen and oxygen atoms in total. The lowest BCUT2D eigenvalue weighted by atomic mass is 10.1. The van der Waals surface area contributed by atoms with Gasteiger partial charge in [-0.25, -0.2) is 4.98 Å². The number of primary amides is 1. The lowest BCUT2D eigenvalue weighted by Crippen LogP contribution is -2.42. The number of thiazole rings is 1. The molecule has 2 unspecified atom stereocenters. The van der Waals surface area contributed by atoms with E-state index in [0.717, 1.165) is 17.8 Å². The van der Waals surface area contributed by atoms with Crippen molar-refractivity contribution in [3.05, 3.63) is 15.6 Å². The Balaban J connectivity index is 1.95. The van der Waals surface area contributed by atoms with Crippen molar-refractivity contribution in [3.8, 4) is 0 Å². The van der Waals surface area contributed by atoms with Crippen LogP contribution in [0.25, 0.3) is 0 Å². The van der Waals surface area contributed by atoms with Gasteiger partial charge in [-0.2, -0.15) is 0 Å². The van der Waals surface area contributed by atoms with Gasteiger partial charge in [0.25, 0.3) is 0 Å². The summed E-state index contributed by atoms with van der Waals surface area (Å²) < 4.78 is 0. The van der Waals surface area contributed by atoms with Gasteiger partial charge in [0.05, 0.1) is 17.2 Å². The van der Waals surface area contributed by atoms with Gasteiger partial charge in [0.2, 0.25) is 5.91 Å². The summed E-state index contributed by atoms with van der Waals surface area (Å²) in [6.07, 6.45) is 3.30. The Morgan fingerprint density at radius 2 is 2.44 bits per heavy atom. The van der Waals surface area contributed by atoms with E-state index >= 15 is 0 Å². The summed E-state index contributed by atoms with van der Waals surface area (Å²) in [5.41, 5.74) is 6.57. The Morgan fingerprint density at radius 3 is 3.19 bits per heavy atom. The highest BCUT2D eigenvalue weighted by Gasteiger charge is 2.42. The third-order valence-corrected chi connectivity index (χ3v) is 4.66. The maximum absolute atomic E-state index is 11.1. The molecule has 0 aliphatic carbocycles.